The van der Waals surface area contributed by atoms with E-state index in [1.54, 1.807) is 18.0 Å². The van der Waals surface area contributed by atoms with Gasteiger partial charge in [0.05, 0.1) is 17.5 Å². The average molecular weight is 430 g/mol. The first-order valence-electron chi connectivity index (χ1n) is 10.4. The fourth-order valence-corrected chi connectivity index (χ4v) is 3.94. The number of carbonyl (C=O) groups excluding carboxylic acids is 2. The average Bonchev–Trinajstić information content (AvgIpc) is 3.22. The molecule has 1 N–H and O–H groups in total. The topological polar surface area (TPSA) is 75.3 Å². The predicted molar refractivity (Wildman–Crippen MR) is 119 cm³/mol. The third-order valence-corrected chi connectivity index (χ3v) is 5.69. The lowest BCUT2D eigenvalue weighted by Gasteiger charge is -2.25. The van der Waals surface area contributed by atoms with Gasteiger partial charge in [-0.15, -0.1) is 0 Å². The Bertz CT molecular complexity index is 993. The number of aromatic nitrogens is 2. The van der Waals surface area contributed by atoms with Gasteiger partial charge in [0.25, 0.3) is 0 Å². The minimum absolute atomic E-state index is 0.00894. The Labute approximate surface area is 181 Å². The van der Waals surface area contributed by atoms with E-state index >= 15 is 0 Å². The van der Waals surface area contributed by atoms with Crippen molar-refractivity contribution in [2.45, 2.75) is 40.0 Å². The Balaban J connectivity index is 1.77. The molecule has 6 nitrogen and oxygen atoms in total. The summed E-state index contributed by atoms with van der Waals surface area (Å²) < 4.78 is 5.07. The van der Waals surface area contributed by atoms with E-state index in [-0.39, 0.29) is 17.8 Å². The molecular formula is C23H28ClN3O3. The number of fused-ring (bicyclic) bond motifs is 1. The van der Waals surface area contributed by atoms with Crippen molar-refractivity contribution in [2.75, 3.05) is 19.7 Å². The van der Waals surface area contributed by atoms with Crippen molar-refractivity contribution < 1.29 is 14.3 Å². The minimum Gasteiger partial charge on any atom is -0.466 e. The lowest BCUT2D eigenvalue weighted by molar-refractivity contribution is -0.148. The molecule has 0 bridgehead atoms. The first kappa shape index (κ1) is 22.1. The molecule has 2 aromatic heterocycles. The third kappa shape index (κ3) is 4.75. The highest BCUT2D eigenvalue weighted by atomic mass is 35.5. The highest BCUT2D eigenvalue weighted by Crippen LogP contribution is 2.35. The molecule has 0 saturated heterocycles. The number of aromatic amines is 1. The maximum Gasteiger partial charge on any atom is 0.308 e. The van der Waals surface area contributed by atoms with E-state index in [2.05, 4.69) is 16.0 Å². The van der Waals surface area contributed by atoms with Crippen molar-refractivity contribution in [1.82, 2.24) is 14.9 Å². The van der Waals surface area contributed by atoms with Gasteiger partial charge in [-0.05, 0) is 50.8 Å². The third-order valence-electron chi connectivity index (χ3n) is 5.40. The Morgan fingerprint density at radius 3 is 2.90 bits per heavy atom. The van der Waals surface area contributed by atoms with Gasteiger partial charge in [0.15, 0.2) is 0 Å². The summed E-state index contributed by atoms with van der Waals surface area (Å²) in [6.45, 7) is 7.06. The van der Waals surface area contributed by atoms with Gasteiger partial charge < -0.3 is 14.6 Å². The summed E-state index contributed by atoms with van der Waals surface area (Å²) in [5, 5.41) is 1.50. The van der Waals surface area contributed by atoms with Gasteiger partial charge in [0.1, 0.15) is 5.65 Å². The Morgan fingerprint density at radius 1 is 1.37 bits per heavy atom. The number of hydrogen-bond acceptors (Lipinski definition) is 4. The molecule has 3 rings (SSSR count). The van der Waals surface area contributed by atoms with Crippen LogP contribution in [-0.4, -0.2) is 46.4 Å². The standard InChI is InChI=1S/C23H28ClN3O3/c1-4-27(12-10-15(3)23(29)30-5-2)22(28)17-8-6-7-16(13-17)20-18-9-11-25-21(18)26-14-19(20)24/h7,9,11,13-15H,4-6,8,10,12H2,1-3H3,(H,25,26). The van der Waals surface area contributed by atoms with Crippen LogP contribution < -0.4 is 0 Å². The quantitative estimate of drug-likeness (QED) is 0.614. The SMILES string of the molecule is CCOC(=O)C(C)CCN(CC)C(=O)C1=CC(c2c(Cl)cnc3[nH]ccc23)=CCC1. The van der Waals surface area contributed by atoms with Crippen LogP contribution in [0.25, 0.3) is 16.6 Å². The zero-order chi connectivity index (χ0) is 21.7. The molecule has 1 aliphatic carbocycles. The van der Waals surface area contributed by atoms with Crippen molar-refractivity contribution >= 4 is 40.1 Å². The fraction of sp³-hybridized carbons (Fsp3) is 0.435. The molecule has 30 heavy (non-hydrogen) atoms. The van der Waals surface area contributed by atoms with Crippen molar-refractivity contribution in [3.05, 3.63) is 46.8 Å². The number of carbonyl (C=O) groups is 2. The number of esters is 1. The van der Waals surface area contributed by atoms with Gasteiger partial charge in [-0.25, -0.2) is 4.98 Å². The molecule has 1 aliphatic rings. The highest BCUT2D eigenvalue weighted by Gasteiger charge is 2.23. The molecule has 1 atom stereocenters. The Hall–Kier alpha value is -2.60. The number of halogens is 1. The van der Waals surface area contributed by atoms with E-state index in [0.717, 1.165) is 34.2 Å². The summed E-state index contributed by atoms with van der Waals surface area (Å²) in [4.78, 5) is 34.3. The maximum atomic E-state index is 13.2. The normalized spacial score (nSPS) is 14.8. The second-order valence-corrected chi connectivity index (χ2v) is 7.82. The van der Waals surface area contributed by atoms with E-state index in [4.69, 9.17) is 16.3 Å². The lowest BCUT2D eigenvalue weighted by Crippen LogP contribution is -2.34. The number of allylic oxidation sites excluding steroid dienone is 3. The van der Waals surface area contributed by atoms with Gasteiger partial charge in [-0.1, -0.05) is 24.6 Å². The Morgan fingerprint density at radius 2 is 2.17 bits per heavy atom. The number of likely N-dealkylation sites (N-methyl/N-ethyl adjacent to an activating group) is 1. The zero-order valence-electron chi connectivity index (χ0n) is 17.7. The van der Waals surface area contributed by atoms with Gasteiger partial charge in [0.2, 0.25) is 5.91 Å². The molecule has 1 unspecified atom stereocenters. The lowest BCUT2D eigenvalue weighted by atomic mass is 9.92. The number of ether oxygens (including phenoxy) is 1. The first-order chi connectivity index (χ1) is 14.5. The van der Waals surface area contributed by atoms with Crippen LogP contribution in [0.15, 0.2) is 36.2 Å². The van der Waals surface area contributed by atoms with Crippen molar-refractivity contribution in [1.29, 1.82) is 0 Å². The van der Waals surface area contributed by atoms with E-state index in [1.807, 2.05) is 32.2 Å². The molecule has 1 amide bonds. The van der Waals surface area contributed by atoms with Crippen LogP contribution in [0, 0.1) is 5.92 Å². The molecule has 7 heteroatoms. The van der Waals surface area contributed by atoms with Gasteiger partial charge >= 0.3 is 5.97 Å². The number of hydrogen-bond donors (Lipinski definition) is 1. The zero-order valence-corrected chi connectivity index (χ0v) is 18.5. The monoisotopic (exact) mass is 429 g/mol. The summed E-state index contributed by atoms with van der Waals surface area (Å²) in [7, 11) is 0. The fourth-order valence-electron chi connectivity index (χ4n) is 3.68. The van der Waals surface area contributed by atoms with Crippen LogP contribution >= 0.6 is 11.6 Å². The second kappa shape index (κ2) is 9.94. The van der Waals surface area contributed by atoms with Gasteiger partial charge in [0, 0.05) is 42.0 Å². The summed E-state index contributed by atoms with van der Waals surface area (Å²) in [6, 6.07) is 1.95. The van der Waals surface area contributed by atoms with Crippen LogP contribution in [-0.2, 0) is 14.3 Å². The number of nitrogens with one attached hydrogen (secondary N) is 1. The number of pyridine rings is 1. The smallest absolute Gasteiger partial charge is 0.308 e. The molecule has 0 fully saturated rings. The van der Waals surface area contributed by atoms with Crippen LogP contribution in [0.5, 0.6) is 0 Å². The van der Waals surface area contributed by atoms with E-state index in [0.29, 0.717) is 37.6 Å². The number of amides is 1. The largest absolute Gasteiger partial charge is 0.466 e. The van der Waals surface area contributed by atoms with Crippen molar-refractivity contribution in [3.63, 3.8) is 0 Å². The number of H-pyrrole nitrogens is 1. The summed E-state index contributed by atoms with van der Waals surface area (Å²) in [5.74, 6) is -0.444. The van der Waals surface area contributed by atoms with E-state index < -0.39 is 0 Å². The molecular weight excluding hydrogens is 402 g/mol. The first-order valence-corrected chi connectivity index (χ1v) is 10.8. The van der Waals surface area contributed by atoms with Crippen molar-refractivity contribution in [3.8, 4) is 0 Å². The molecule has 0 aliphatic heterocycles. The molecule has 0 spiro atoms. The highest BCUT2D eigenvalue weighted by molar-refractivity contribution is 6.33. The molecule has 0 saturated carbocycles. The van der Waals surface area contributed by atoms with Crippen LogP contribution in [0.1, 0.15) is 45.6 Å². The van der Waals surface area contributed by atoms with Gasteiger partial charge in [-0.3, -0.25) is 9.59 Å². The van der Waals surface area contributed by atoms with Crippen molar-refractivity contribution in [2.24, 2.45) is 5.92 Å². The second-order valence-electron chi connectivity index (χ2n) is 7.42. The number of rotatable bonds is 8. The summed E-state index contributed by atoms with van der Waals surface area (Å²) in [6.07, 6.45) is 9.56. The van der Waals surface area contributed by atoms with Crippen LogP contribution in [0.2, 0.25) is 5.02 Å². The van der Waals surface area contributed by atoms with Crippen LogP contribution in [0.3, 0.4) is 0 Å². The molecule has 160 valence electrons. The molecule has 2 heterocycles. The number of nitrogens with zero attached hydrogens (tertiary/aromatic N) is 2. The minimum atomic E-state index is -0.236. The van der Waals surface area contributed by atoms with Crippen LogP contribution in [0.4, 0.5) is 0 Å². The van der Waals surface area contributed by atoms with E-state index in [1.165, 1.54) is 0 Å². The maximum absolute atomic E-state index is 13.2. The molecule has 0 aromatic carbocycles. The predicted octanol–water partition coefficient (Wildman–Crippen LogP) is 4.76. The van der Waals surface area contributed by atoms with E-state index in [9.17, 15) is 9.59 Å². The summed E-state index contributed by atoms with van der Waals surface area (Å²) in [5.41, 5.74) is 3.37. The summed E-state index contributed by atoms with van der Waals surface area (Å²) >= 11 is 6.46. The molecule has 2 aromatic rings. The molecule has 0 radical (unpaired) electrons. The Kier molecular flexibility index (Phi) is 7.32. The van der Waals surface area contributed by atoms with Gasteiger partial charge in [-0.2, -0.15) is 0 Å².